The molecule has 0 saturated heterocycles. The average Bonchev–Trinajstić information content (AvgIpc) is 2.35. The first-order chi connectivity index (χ1) is 9.33. The monoisotopic (exact) mass is 278 g/mol. The van der Waals surface area contributed by atoms with Crippen LogP contribution in [0.3, 0.4) is 0 Å². The number of nitrogens with one attached hydrogen (secondary N) is 1. The van der Waals surface area contributed by atoms with Crippen LogP contribution in [0.1, 0.15) is 38.3 Å². The molecule has 3 nitrogen and oxygen atoms in total. The van der Waals surface area contributed by atoms with Crippen molar-refractivity contribution in [2.24, 2.45) is 0 Å². The van der Waals surface area contributed by atoms with Crippen LogP contribution in [-0.2, 0) is 11.3 Å². The van der Waals surface area contributed by atoms with Crippen LogP contribution >= 0.6 is 0 Å². The standard InChI is InChI=1S/C17H30N2O/c1-14-12-15(13-18-17(2,3)4)8-9-16(14)19(5)10-7-11-20-6/h8-9,12,18H,7,10-11,13H2,1-6H3. The van der Waals surface area contributed by atoms with Gasteiger partial charge < -0.3 is 15.0 Å². The number of nitrogens with zero attached hydrogens (tertiary/aromatic N) is 1. The summed E-state index contributed by atoms with van der Waals surface area (Å²) in [7, 11) is 3.90. The largest absolute Gasteiger partial charge is 0.385 e. The molecule has 3 heteroatoms. The predicted octanol–water partition coefficient (Wildman–Crippen LogP) is 3.36. The van der Waals surface area contributed by atoms with Crippen molar-refractivity contribution >= 4 is 5.69 Å². The van der Waals surface area contributed by atoms with E-state index in [2.05, 4.69) is 63.2 Å². The molecule has 1 aromatic rings. The van der Waals surface area contributed by atoms with Gasteiger partial charge in [0.05, 0.1) is 0 Å². The summed E-state index contributed by atoms with van der Waals surface area (Å²) < 4.78 is 5.11. The summed E-state index contributed by atoms with van der Waals surface area (Å²) in [6.45, 7) is 11.5. The molecule has 1 rings (SSSR count). The lowest BCUT2D eigenvalue weighted by Gasteiger charge is -2.23. The second-order valence-corrected chi connectivity index (χ2v) is 6.49. The summed E-state index contributed by atoms with van der Waals surface area (Å²) in [6, 6.07) is 6.72. The quantitative estimate of drug-likeness (QED) is 0.774. The Balaban J connectivity index is 2.63. The van der Waals surface area contributed by atoms with Crippen LogP contribution in [-0.4, -0.2) is 32.8 Å². The number of rotatable bonds is 7. The molecule has 0 saturated carbocycles. The zero-order valence-electron chi connectivity index (χ0n) is 13.9. The zero-order chi connectivity index (χ0) is 15.2. The SMILES string of the molecule is COCCCN(C)c1ccc(CNC(C)(C)C)cc1C. The van der Waals surface area contributed by atoms with Gasteiger partial charge in [0, 0.05) is 45.1 Å². The molecule has 1 aromatic carbocycles. The van der Waals surface area contributed by atoms with E-state index in [0.717, 1.165) is 26.1 Å². The highest BCUT2D eigenvalue weighted by Crippen LogP contribution is 2.20. The Labute approximate surface area is 124 Å². The Hall–Kier alpha value is -1.06. The molecule has 0 aliphatic rings. The van der Waals surface area contributed by atoms with Crippen LogP contribution in [0, 0.1) is 6.92 Å². The number of ether oxygens (including phenoxy) is 1. The molecule has 0 bridgehead atoms. The third kappa shape index (κ3) is 5.93. The van der Waals surface area contributed by atoms with E-state index in [4.69, 9.17) is 4.74 Å². The van der Waals surface area contributed by atoms with Gasteiger partial charge >= 0.3 is 0 Å². The minimum absolute atomic E-state index is 0.156. The van der Waals surface area contributed by atoms with Gasteiger partial charge in [-0.25, -0.2) is 0 Å². The number of benzene rings is 1. The van der Waals surface area contributed by atoms with E-state index in [9.17, 15) is 0 Å². The highest BCUT2D eigenvalue weighted by molar-refractivity contribution is 5.53. The van der Waals surface area contributed by atoms with E-state index in [0.29, 0.717) is 0 Å². The van der Waals surface area contributed by atoms with Crippen molar-refractivity contribution in [2.75, 3.05) is 32.2 Å². The van der Waals surface area contributed by atoms with Gasteiger partial charge in [-0.3, -0.25) is 0 Å². The van der Waals surface area contributed by atoms with Crippen LogP contribution in [0.15, 0.2) is 18.2 Å². The lowest BCUT2D eigenvalue weighted by atomic mass is 10.1. The first-order valence-corrected chi connectivity index (χ1v) is 7.38. The Bertz CT molecular complexity index is 410. The normalized spacial score (nSPS) is 11.7. The Morgan fingerprint density at radius 2 is 1.95 bits per heavy atom. The van der Waals surface area contributed by atoms with Gasteiger partial charge in [-0.2, -0.15) is 0 Å². The number of hydrogen-bond donors (Lipinski definition) is 1. The minimum atomic E-state index is 0.156. The molecule has 0 unspecified atom stereocenters. The zero-order valence-corrected chi connectivity index (χ0v) is 13.9. The molecule has 0 fully saturated rings. The van der Waals surface area contributed by atoms with Gasteiger partial charge in [-0.1, -0.05) is 12.1 Å². The van der Waals surface area contributed by atoms with Gasteiger partial charge in [-0.05, 0) is 51.3 Å². The van der Waals surface area contributed by atoms with Crippen molar-refractivity contribution in [3.05, 3.63) is 29.3 Å². The maximum Gasteiger partial charge on any atom is 0.0479 e. The van der Waals surface area contributed by atoms with Gasteiger partial charge in [0.2, 0.25) is 0 Å². The van der Waals surface area contributed by atoms with Crippen molar-refractivity contribution in [1.29, 1.82) is 0 Å². The fourth-order valence-corrected chi connectivity index (χ4v) is 2.19. The predicted molar refractivity (Wildman–Crippen MR) is 87.5 cm³/mol. The van der Waals surface area contributed by atoms with E-state index in [1.165, 1.54) is 16.8 Å². The molecule has 20 heavy (non-hydrogen) atoms. The van der Waals surface area contributed by atoms with Crippen molar-refractivity contribution in [1.82, 2.24) is 5.32 Å². The molecule has 0 amide bonds. The fraction of sp³-hybridized carbons (Fsp3) is 0.647. The smallest absolute Gasteiger partial charge is 0.0479 e. The van der Waals surface area contributed by atoms with Crippen LogP contribution in [0.25, 0.3) is 0 Å². The second kappa shape index (κ2) is 7.65. The van der Waals surface area contributed by atoms with Crippen molar-refractivity contribution in [3.8, 4) is 0 Å². The lowest BCUT2D eigenvalue weighted by Crippen LogP contribution is -2.35. The van der Waals surface area contributed by atoms with Gasteiger partial charge in [0.25, 0.3) is 0 Å². The molecule has 0 atom stereocenters. The molecular weight excluding hydrogens is 248 g/mol. The minimum Gasteiger partial charge on any atom is -0.385 e. The molecule has 0 aliphatic carbocycles. The van der Waals surface area contributed by atoms with Crippen LogP contribution in [0.2, 0.25) is 0 Å². The van der Waals surface area contributed by atoms with Gasteiger partial charge in [0.1, 0.15) is 0 Å². The number of methoxy groups -OCH3 is 1. The van der Waals surface area contributed by atoms with Gasteiger partial charge in [0.15, 0.2) is 0 Å². The molecule has 0 aliphatic heterocycles. The third-order valence-electron chi connectivity index (χ3n) is 3.34. The molecule has 0 radical (unpaired) electrons. The number of hydrogen-bond acceptors (Lipinski definition) is 3. The summed E-state index contributed by atoms with van der Waals surface area (Å²) in [5.41, 5.74) is 4.13. The van der Waals surface area contributed by atoms with E-state index in [1.54, 1.807) is 7.11 Å². The summed E-state index contributed by atoms with van der Waals surface area (Å²) in [5, 5.41) is 3.53. The molecule has 0 spiro atoms. The highest BCUT2D eigenvalue weighted by atomic mass is 16.5. The van der Waals surface area contributed by atoms with Crippen molar-refractivity contribution in [2.45, 2.75) is 46.2 Å². The van der Waals surface area contributed by atoms with Crippen LogP contribution in [0.5, 0.6) is 0 Å². The summed E-state index contributed by atoms with van der Waals surface area (Å²) >= 11 is 0. The molecule has 1 N–H and O–H groups in total. The van der Waals surface area contributed by atoms with E-state index < -0.39 is 0 Å². The summed E-state index contributed by atoms with van der Waals surface area (Å²) in [6.07, 6.45) is 1.06. The maximum absolute atomic E-state index is 5.11. The first kappa shape index (κ1) is 17.0. The van der Waals surface area contributed by atoms with Crippen LogP contribution in [0.4, 0.5) is 5.69 Å². The van der Waals surface area contributed by atoms with E-state index in [1.807, 2.05) is 0 Å². The average molecular weight is 278 g/mol. The topological polar surface area (TPSA) is 24.5 Å². The van der Waals surface area contributed by atoms with Crippen LogP contribution < -0.4 is 10.2 Å². The molecule has 114 valence electrons. The van der Waals surface area contributed by atoms with E-state index >= 15 is 0 Å². The Morgan fingerprint density at radius 3 is 2.50 bits per heavy atom. The number of anilines is 1. The Morgan fingerprint density at radius 1 is 1.25 bits per heavy atom. The fourth-order valence-electron chi connectivity index (χ4n) is 2.19. The molecule has 0 heterocycles. The highest BCUT2D eigenvalue weighted by Gasteiger charge is 2.10. The second-order valence-electron chi connectivity index (χ2n) is 6.49. The van der Waals surface area contributed by atoms with Gasteiger partial charge in [-0.15, -0.1) is 0 Å². The maximum atomic E-state index is 5.11. The summed E-state index contributed by atoms with van der Waals surface area (Å²) in [5.74, 6) is 0. The lowest BCUT2D eigenvalue weighted by molar-refractivity contribution is 0.196. The van der Waals surface area contributed by atoms with Crippen molar-refractivity contribution < 1.29 is 4.74 Å². The summed E-state index contributed by atoms with van der Waals surface area (Å²) in [4.78, 5) is 2.30. The molecule has 0 aromatic heterocycles. The first-order valence-electron chi connectivity index (χ1n) is 7.38. The third-order valence-corrected chi connectivity index (χ3v) is 3.34. The van der Waals surface area contributed by atoms with E-state index in [-0.39, 0.29) is 5.54 Å². The Kier molecular flexibility index (Phi) is 6.50. The van der Waals surface area contributed by atoms with Crippen molar-refractivity contribution in [3.63, 3.8) is 0 Å². The number of aryl methyl sites for hydroxylation is 1. The molecular formula is C17H30N2O.